The van der Waals surface area contributed by atoms with Gasteiger partial charge in [-0.15, -0.1) is 0 Å². The molecule has 9 heteroatoms. The number of carbonyl (C=O) groups is 1. The van der Waals surface area contributed by atoms with Crippen LogP contribution in [0.4, 0.5) is 5.69 Å². The van der Waals surface area contributed by atoms with Crippen molar-refractivity contribution in [1.82, 2.24) is 14.3 Å². The number of rotatable bonds is 6. The minimum atomic E-state index is -0.650. The Balaban J connectivity index is 1.67. The Hall–Kier alpha value is -4.24. The minimum Gasteiger partial charge on any atom is -0.497 e. The van der Waals surface area contributed by atoms with Gasteiger partial charge in [0.15, 0.2) is 4.80 Å². The van der Waals surface area contributed by atoms with Crippen LogP contribution in [-0.4, -0.2) is 27.4 Å². The third-order valence-corrected chi connectivity index (χ3v) is 7.67. The molecule has 0 radical (unpaired) electrons. The summed E-state index contributed by atoms with van der Waals surface area (Å²) in [6.07, 6.45) is 3.79. The lowest BCUT2D eigenvalue weighted by molar-refractivity contribution is -0.113. The summed E-state index contributed by atoms with van der Waals surface area (Å²) in [6, 6.07) is 14.4. The minimum absolute atomic E-state index is 0.202. The number of nitrogens with zero attached hydrogens (tertiary/aromatic N) is 4. The van der Waals surface area contributed by atoms with Gasteiger partial charge in [0.25, 0.3) is 11.5 Å². The molecule has 0 fully saturated rings. The van der Waals surface area contributed by atoms with Crippen LogP contribution in [0.15, 0.2) is 75.8 Å². The average Bonchev–Trinajstić information content (AvgIpc) is 3.42. The van der Waals surface area contributed by atoms with E-state index in [2.05, 4.69) is 10.4 Å². The number of benzene rings is 2. The number of carbonyl (C=O) groups excluding carboxylic acids is 1. The van der Waals surface area contributed by atoms with Crippen molar-refractivity contribution in [3.63, 3.8) is 0 Å². The standard InChI is InChI=1S/C29H29N5O3S/c1-6-33-16-21(18(3)32-33)15-24-28(36)34-26(20-11-13-22(37-5)14-12-20)25(19(4)30-29(34)38-24)27(35)31-23-10-8-7-9-17(23)2/h7-16,26H,6H2,1-5H3,(H,31,35)/t26-/m0/s1. The largest absolute Gasteiger partial charge is 0.497 e. The first-order valence-corrected chi connectivity index (χ1v) is 13.2. The number of aryl methyl sites for hydroxylation is 3. The van der Waals surface area contributed by atoms with Crippen molar-refractivity contribution < 1.29 is 9.53 Å². The van der Waals surface area contributed by atoms with Gasteiger partial charge in [-0.2, -0.15) is 5.10 Å². The first kappa shape index (κ1) is 25.4. The number of hydrogen-bond donors (Lipinski definition) is 1. The second kappa shape index (κ2) is 10.3. The molecule has 8 nitrogen and oxygen atoms in total. The Bertz CT molecular complexity index is 1740. The van der Waals surface area contributed by atoms with Gasteiger partial charge in [0.05, 0.1) is 34.6 Å². The van der Waals surface area contributed by atoms with Gasteiger partial charge in [0.2, 0.25) is 0 Å². The molecule has 3 heterocycles. The molecule has 0 unspecified atom stereocenters. The number of allylic oxidation sites excluding steroid dienone is 1. The zero-order valence-corrected chi connectivity index (χ0v) is 22.8. The molecule has 1 N–H and O–H groups in total. The van der Waals surface area contributed by atoms with E-state index in [1.807, 2.05) is 93.2 Å². The van der Waals surface area contributed by atoms with E-state index in [0.717, 1.165) is 28.9 Å². The van der Waals surface area contributed by atoms with Crippen LogP contribution in [-0.2, 0) is 11.3 Å². The highest BCUT2D eigenvalue weighted by Crippen LogP contribution is 2.32. The number of amides is 1. The molecule has 1 amide bonds. The van der Waals surface area contributed by atoms with Crippen LogP contribution in [0.2, 0.25) is 0 Å². The van der Waals surface area contributed by atoms with Crippen molar-refractivity contribution in [3.05, 3.63) is 108 Å². The van der Waals surface area contributed by atoms with Crippen LogP contribution >= 0.6 is 11.3 Å². The number of methoxy groups -OCH3 is 1. The molecule has 0 bridgehead atoms. The lowest BCUT2D eigenvalue weighted by Gasteiger charge is -2.25. The summed E-state index contributed by atoms with van der Waals surface area (Å²) < 4.78 is 9.34. The number of aromatic nitrogens is 3. The molecule has 0 aliphatic carbocycles. The Kier molecular flexibility index (Phi) is 6.86. The number of hydrogen-bond acceptors (Lipinski definition) is 6. The average molecular weight is 528 g/mol. The van der Waals surface area contributed by atoms with Crippen LogP contribution in [0.5, 0.6) is 5.75 Å². The Labute approximate surface area is 224 Å². The highest BCUT2D eigenvalue weighted by molar-refractivity contribution is 7.07. The maximum absolute atomic E-state index is 13.9. The quantitative estimate of drug-likeness (QED) is 0.414. The second-order valence-electron chi connectivity index (χ2n) is 9.15. The van der Waals surface area contributed by atoms with Crippen molar-refractivity contribution in [2.45, 2.75) is 40.3 Å². The fourth-order valence-electron chi connectivity index (χ4n) is 4.59. The fourth-order valence-corrected chi connectivity index (χ4v) is 5.63. The van der Waals surface area contributed by atoms with Gasteiger partial charge in [0.1, 0.15) is 5.75 Å². The number of anilines is 1. The second-order valence-corrected chi connectivity index (χ2v) is 10.2. The van der Waals surface area contributed by atoms with E-state index in [1.54, 1.807) is 11.7 Å². The van der Waals surface area contributed by atoms with Crippen molar-refractivity contribution in [3.8, 4) is 5.75 Å². The number of para-hydroxylation sites is 1. The molecule has 0 spiro atoms. The zero-order chi connectivity index (χ0) is 27.0. The van der Waals surface area contributed by atoms with Gasteiger partial charge in [-0.05, 0) is 63.1 Å². The maximum Gasteiger partial charge on any atom is 0.271 e. The summed E-state index contributed by atoms with van der Waals surface area (Å²) in [7, 11) is 1.60. The van der Waals surface area contributed by atoms with E-state index < -0.39 is 6.04 Å². The topological polar surface area (TPSA) is 90.5 Å². The third kappa shape index (κ3) is 4.61. The van der Waals surface area contributed by atoms with E-state index in [-0.39, 0.29) is 11.5 Å². The van der Waals surface area contributed by atoms with Gasteiger partial charge in [-0.1, -0.05) is 41.7 Å². The summed E-state index contributed by atoms with van der Waals surface area (Å²) in [5.41, 5.74) is 4.97. The molecule has 4 aromatic rings. The van der Waals surface area contributed by atoms with Crippen LogP contribution < -0.4 is 24.9 Å². The normalized spacial score (nSPS) is 15.3. The van der Waals surface area contributed by atoms with E-state index >= 15 is 0 Å². The summed E-state index contributed by atoms with van der Waals surface area (Å²) in [4.78, 5) is 32.9. The molecular formula is C29H29N5O3S. The monoisotopic (exact) mass is 527 g/mol. The lowest BCUT2D eigenvalue weighted by atomic mass is 9.95. The summed E-state index contributed by atoms with van der Waals surface area (Å²) in [6.45, 7) is 8.44. The van der Waals surface area contributed by atoms with E-state index in [4.69, 9.17) is 9.73 Å². The molecule has 0 saturated carbocycles. The van der Waals surface area contributed by atoms with Gasteiger partial charge in [-0.25, -0.2) is 4.99 Å². The van der Waals surface area contributed by atoms with Crippen molar-refractivity contribution in [2.24, 2.45) is 4.99 Å². The zero-order valence-electron chi connectivity index (χ0n) is 22.0. The van der Waals surface area contributed by atoms with Gasteiger partial charge >= 0.3 is 0 Å². The fraction of sp³-hybridized carbons (Fsp3) is 0.241. The maximum atomic E-state index is 13.9. The summed E-state index contributed by atoms with van der Waals surface area (Å²) in [5, 5.41) is 7.53. The first-order chi connectivity index (χ1) is 18.3. The van der Waals surface area contributed by atoms with Crippen LogP contribution in [0.25, 0.3) is 6.08 Å². The predicted octanol–water partition coefficient (Wildman–Crippen LogP) is 3.72. The smallest absolute Gasteiger partial charge is 0.271 e. The highest BCUT2D eigenvalue weighted by Gasteiger charge is 2.32. The van der Waals surface area contributed by atoms with Crippen molar-refractivity contribution >= 4 is 29.0 Å². The van der Waals surface area contributed by atoms with E-state index in [0.29, 0.717) is 32.0 Å². The molecule has 1 aliphatic heterocycles. The number of nitrogens with one attached hydrogen (secondary N) is 1. The molecule has 2 aromatic carbocycles. The Morgan fingerprint density at radius 2 is 1.87 bits per heavy atom. The highest BCUT2D eigenvalue weighted by atomic mass is 32.1. The van der Waals surface area contributed by atoms with Crippen LogP contribution in [0.3, 0.4) is 0 Å². The van der Waals surface area contributed by atoms with Gasteiger partial charge in [0, 0.05) is 24.0 Å². The van der Waals surface area contributed by atoms with Gasteiger partial charge < -0.3 is 10.1 Å². The van der Waals surface area contributed by atoms with Gasteiger partial charge in [-0.3, -0.25) is 18.8 Å². The molecule has 1 atom stereocenters. The predicted molar refractivity (Wildman–Crippen MR) is 149 cm³/mol. The molecule has 0 saturated heterocycles. The van der Waals surface area contributed by atoms with Crippen LogP contribution in [0.1, 0.15) is 42.3 Å². The number of thiazole rings is 1. The van der Waals surface area contributed by atoms with E-state index in [1.165, 1.54) is 11.3 Å². The molecular weight excluding hydrogens is 498 g/mol. The number of fused-ring (bicyclic) bond motifs is 1. The summed E-state index contributed by atoms with van der Waals surface area (Å²) >= 11 is 1.31. The van der Waals surface area contributed by atoms with Crippen molar-refractivity contribution in [2.75, 3.05) is 12.4 Å². The first-order valence-electron chi connectivity index (χ1n) is 12.4. The summed E-state index contributed by atoms with van der Waals surface area (Å²) in [5.74, 6) is 0.395. The SMILES string of the molecule is CCn1cc(C=c2sc3n(c2=O)[C@@H](c2ccc(OC)cc2)C(C(=O)Nc2ccccc2C)=C(C)N=3)c(C)n1. The lowest BCUT2D eigenvalue weighted by Crippen LogP contribution is -2.40. The molecule has 1 aliphatic rings. The van der Waals surface area contributed by atoms with Crippen molar-refractivity contribution in [1.29, 1.82) is 0 Å². The molecule has 194 valence electrons. The molecule has 5 rings (SSSR count). The Morgan fingerprint density at radius 1 is 1.13 bits per heavy atom. The Morgan fingerprint density at radius 3 is 2.53 bits per heavy atom. The van der Waals surface area contributed by atoms with E-state index in [9.17, 15) is 9.59 Å². The molecule has 2 aromatic heterocycles. The third-order valence-electron chi connectivity index (χ3n) is 6.69. The molecule has 38 heavy (non-hydrogen) atoms. The van der Waals surface area contributed by atoms with Crippen LogP contribution in [0, 0.1) is 13.8 Å². The number of ether oxygens (including phenoxy) is 1.